The Bertz CT molecular complexity index is 1070. The fourth-order valence-corrected chi connectivity index (χ4v) is 5.99. The van der Waals surface area contributed by atoms with E-state index in [-0.39, 0.29) is 17.3 Å². The molecule has 5 heterocycles. The third-order valence-corrected chi connectivity index (χ3v) is 7.09. The van der Waals surface area contributed by atoms with Gasteiger partial charge in [-0.3, -0.25) is 4.90 Å². The first-order valence-corrected chi connectivity index (χ1v) is 10.4. The van der Waals surface area contributed by atoms with Crippen molar-refractivity contribution in [3.05, 3.63) is 23.3 Å². The number of rotatable bonds is 1. The quantitative estimate of drug-likeness (QED) is 0.523. The van der Waals surface area contributed by atoms with Gasteiger partial charge in [0, 0.05) is 16.6 Å². The van der Waals surface area contributed by atoms with Gasteiger partial charge in [-0.2, -0.15) is 0 Å². The highest BCUT2D eigenvalue weighted by atomic mass is 35.5. The largest absolute Gasteiger partial charge is 0.472 e. The number of anilines is 1. The standard InChI is InChI=1S/C20H22ClFN4O4/c1-7-13(8(2)27)14-10(22)6-23-19-15(14)18(24-7)26-16(9(3)30-19)11-4-5-12(17(26)21)25(11)20(28)29/h6,8-9,11-12,16-17,27H,4-5H2,1-3H3,(H,28,29). The van der Waals surface area contributed by atoms with E-state index in [0.717, 1.165) is 6.20 Å². The molecule has 2 fully saturated rings. The Morgan fingerprint density at radius 1 is 1.37 bits per heavy atom. The zero-order valence-electron chi connectivity index (χ0n) is 16.7. The first kappa shape index (κ1) is 19.6. The first-order chi connectivity index (χ1) is 14.2. The van der Waals surface area contributed by atoms with Gasteiger partial charge in [0.1, 0.15) is 23.2 Å². The van der Waals surface area contributed by atoms with E-state index >= 15 is 0 Å². The van der Waals surface area contributed by atoms with Crippen molar-refractivity contribution in [1.82, 2.24) is 14.9 Å². The average Bonchev–Trinajstić information content (AvgIpc) is 2.99. The number of aryl methyl sites for hydroxylation is 1. The fourth-order valence-electron chi connectivity index (χ4n) is 5.52. The summed E-state index contributed by atoms with van der Waals surface area (Å²) >= 11 is 6.87. The number of piperazine rings is 1. The maximum Gasteiger partial charge on any atom is 0.407 e. The van der Waals surface area contributed by atoms with Crippen molar-refractivity contribution in [1.29, 1.82) is 0 Å². The number of carbonyl (C=O) groups is 1. The lowest BCUT2D eigenvalue weighted by Crippen LogP contribution is -2.67. The van der Waals surface area contributed by atoms with Crippen molar-refractivity contribution in [2.24, 2.45) is 0 Å². The van der Waals surface area contributed by atoms with Gasteiger partial charge in [0.2, 0.25) is 5.88 Å². The topological polar surface area (TPSA) is 99.0 Å². The van der Waals surface area contributed by atoms with Crippen molar-refractivity contribution in [3.63, 3.8) is 0 Å². The third kappa shape index (κ3) is 2.45. The van der Waals surface area contributed by atoms with Gasteiger partial charge in [0.05, 0.1) is 35.8 Å². The number of aliphatic hydroxyl groups excluding tert-OH is 1. The second-order valence-corrected chi connectivity index (χ2v) is 8.71. The first-order valence-electron chi connectivity index (χ1n) is 9.99. The smallest absolute Gasteiger partial charge is 0.407 e. The SMILES string of the molecule is Cc1nc2c3c(ncc(F)c3c1C(C)O)OC(C)C1C3CCC(C(Cl)N21)N3C(=O)O. The van der Waals surface area contributed by atoms with Crippen LogP contribution in [0.25, 0.3) is 10.8 Å². The number of pyridine rings is 2. The molecule has 0 spiro atoms. The summed E-state index contributed by atoms with van der Waals surface area (Å²) in [5.74, 6) is 0.0499. The zero-order chi connectivity index (χ0) is 21.5. The van der Waals surface area contributed by atoms with Gasteiger partial charge in [-0.05, 0) is 33.6 Å². The van der Waals surface area contributed by atoms with Crippen molar-refractivity contribution < 1.29 is 24.1 Å². The van der Waals surface area contributed by atoms with Gasteiger partial charge in [-0.1, -0.05) is 11.6 Å². The Morgan fingerprint density at radius 3 is 2.73 bits per heavy atom. The molecule has 6 unspecified atom stereocenters. The van der Waals surface area contributed by atoms with Gasteiger partial charge in [0.15, 0.2) is 0 Å². The van der Waals surface area contributed by atoms with Crippen molar-refractivity contribution in [2.45, 2.75) is 69.4 Å². The van der Waals surface area contributed by atoms with Gasteiger partial charge >= 0.3 is 6.09 Å². The molecule has 1 amide bonds. The summed E-state index contributed by atoms with van der Waals surface area (Å²) in [6.45, 7) is 5.11. The van der Waals surface area contributed by atoms with E-state index in [1.54, 1.807) is 13.8 Å². The highest BCUT2D eigenvalue weighted by Crippen LogP contribution is 2.49. The Hall–Kier alpha value is -2.39. The summed E-state index contributed by atoms with van der Waals surface area (Å²) in [4.78, 5) is 24.1. The number of nitrogens with zero attached hydrogens (tertiary/aromatic N) is 4. The lowest BCUT2D eigenvalue weighted by molar-refractivity contribution is 0.0656. The van der Waals surface area contributed by atoms with E-state index in [2.05, 4.69) is 4.98 Å². The minimum Gasteiger partial charge on any atom is -0.472 e. The van der Waals surface area contributed by atoms with Crippen LogP contribution in [0.1, 0.15) is 44.1 Å². The number of hydrogen-bond acceptors (Lipinski definition) is 6. The molecule has 2 bridgehead atoms. The predicted octanol–water partition coefficient (Wildman–Crippen LogP) is 3.18. The van der Waals surface area contributed by atoms with Gasteiger partial charge in [-0.25, -0.2) is 19.2 Å². The minimum absolute atomic E-state index is 0.208. The number of amides is 1. The molecule has 0 radical (unpaired) electrons. The summed E-state index contributed by atoms with van der Waals surface area (Å²) in [7, 11) is 0. The molecule has 10 heteroatoms. The average molecular weight is 437 g/mol. The Balaban J connectivity index is 1.82. The number of halogens is 2. The predicted molar refractivity (Wildman–Crippen MR) is 108 cm³/mol. The Labute approximate surface area is 177 Å². The summed E-state index contributed by atoms with van der Waals surface area (Å²) < 4.78 is 21.1. The summed E-state index contributed by atoms with van der Waals surface area (Å²) in [6, 6.07) is -1.15. The molecular formula is C20H22ClFN4O4. The fraction of sp³-hybridized carbons (Fsp3) is 0.550. The van der Waals surface area contributed by atoms with Crippen LogP contribution in [0, 0.1) is 12.7 Å². The van der Waals surface area contributed by atoms with E-state index in [1.807, 2.05) is 11.8 Å². The molecule has 2 aromatic rings. The van der Waals surface area contributed by atoms with Crippen LogP contribution in [0.4, 0.5) is 15.0 Å². The summed E-state index contributed by atoms with van der Waals surface area (Å²) in [5, 5.41) is 20.7. The van der Waals surface area contributed by atoms with E-state index in [1.165, 1.54) is 4.90 Å². The number of hydrogen-bond donors (Lipinski definition) is 2. The molecule has 5 rings (SSSR count). The molecule has 30 heavy (non-hydrogen) atoms. The number of aliphatic hydroxyl groups is 1. The van der Waals surface area contributed by atoms with Crippen LogP contribution < -0.4 is 9.64 Å². The van der Waals surface area contributed by atoms with Crippen molar-refractivity contribution >= 4 is 34.3 Å². The lowest BCUT2D eigenvalue weighted by atomic mass is 9.97. The number of alkyl halides is 1. The molecule has 0 aliphatic carbocycles. The molecule has 160 valence electrons. The number of carboxylic acid groups (broad SMARTS) is 1. The van der Waals surface area contributed by atoms with Crippen LogP contribution in [0.3, 0.4) is 0 Å². The normalized spacial score (nSPS) is 30.7. The molecule has 2 N–H and O–H groups in total. The van der Waals surface area contributed by atoms with Gasteiger partial charge in [-0.15, -0.1) is 0 Å². The van der Waals surface area contributed by atoms with Crippen LogP contribution in [0.5, 0.6) is 5.88 Å². The molecule has 2 aromatic heterocycles. The molecule has 0 saturated carbocycles. The highest BCUT2D eigenvalue weighted by Gasteiger charge is 2.57. The van der Waals surface area contributed by atoms with Crippen LogP contribution in [-0.2, 0) is 0 Å². The molecule has 6 atom stereocenters. The van der Waals surface area contributed by atoms with E-state index in [0.29, 0.717) is 35.3 Å². The molecule has 3 aliphatic heterocycles. The third-order valence-electron chi connectivity index (χ3n) is 6.59. The van der Waals surface area contributed by atoms with Crippen molar-refractivity contribution in [3.8, 4) is 5.88 Å². The molecular weight excluding hydrogens is 415 g/mol. The summed E-state index contributed by atoms with van der Waals surface area (Å²) in [6.07, 6.45) is -0.0572. The monoisotopic (exact) mass is 436 g/mol. The van der Waals surface area contributed by atoms with Crippen LogP contribution >= 0.6 is 11.6 Å². The van der Waals surface area contributed by atoms with Crippen LogP contribution in [-0.4, -0.2) is 60.9 Å². The van der Waals surface area contributed by atoms with Gasteiger partial charge < -0.3 is 19.8 Å². The number of aromatic nitrogens is 2. The second-order valence-electron chi connectivity index (χ2n) is 8.27. The Kier molecular flexibility index (Phi) is 4.27. The Morgan fingerprint density at radius 2 is 2.07 bits per heavy atom. The maximum atomic E-state index is 15.0. The lowest BCUT2D eigenvalue weighted by Gasteiger charge is -2.50. The maximum absolute atomic E-state index is 15.0. The van der Waals surface area contributed by atoms with Crippen LogP contribution in [0.15, 0.2) is 6.20 Å². The van der Waals surface area contributed by atoms with Gasteiger partial charge in [0.25, 0.3) is 0 Å². The molecule has 8 nitrogen and oxygen atoms in total. The number of fused-ring (bicyclic) bond motifs is 5. The highest BCUT2D eigenvalue weighted by molar-refractivity contribution is 6.23. The second kappa shape index (κ2) is 6.55. The van der Waals surface area contributed by atoms with E-state index < -0.39 is 41.7 Å². The van der Waals surface area contributed by atoms with E-state index in [4.69, 9.17) is 21.3 Å². The zero-order valence-corrected chi connectivity index (χ0v) is 17.5. The van der Waals surface area contributed by atoms with E-state index in [9.17, 15) is 19.4 Å². The van der Waals surface area contributed by atoms with Crippen molar-refractivity contribution in [2.75, 3.05) is 4.90 Å². The minimum atomic E-state index is -1.01. The summed E-state index contributed by atoms with van der Waals surface area (Å²) in [5.41, 5.74) is 0.161. The van der Waals surface area contributed by atoms with Crippen LogP contribution in [0.2, 0.25) is 0 Å². The molecule has 3 aliphatic rings. The molecule has 0 aromatic carbocycles. The number of ether oxygens (including phenoxy) is 1. The molecule has 2 saturated heterocycles.